The molecular formula is C15H24N2O3S. The van der Waals surface area contributed by atoms with E-state index in [9.17, 15) is 14.7 Å². The van der Waals surface area contributed by atoms with Crippen LogP contribution in [0.3, 0.4) is 0 Å². The van der Waals surface area contributed by atoms with Gasteiger partial charge in [-0.05, 0) is 20.3 Å². The van der Waals surface area contributed by atoms with Crippen LogP contribution in [0.4, 0.5) is 0 Å². The maximum Gasteiger partial charge on any atom is 0.329 e. The van der Waals surface area contributed by atoms with Gasteiger partial charge in [-0.25, -0.2) is 9.78 Å². The Bertz CT molecular complexity index is 546. The molecule has 21 heavy (non-hydrogen) atoms. The zero-order valence-corrected chi connectivity index (χ0v) is 14.3. The molecule has 0 aliphatic rings. The first-order valence-electron chi connectivity index (χ1n) is 7.05. The average molecular weight is 312 g/mol. The van der Waals surface area contributed by atoms with Crippen molar-refractivity contribution in [1.82, 2.24) is 10.3 Å². The van der Waals surface area contributed by atoms with Crippen LogP contribution >= 0.6 is 11.3 Å². The summed E-state index contributed by atoms with van der Waals surface area (Å²) in [4.78, 5) is 28.7. The summed E-state index contributed by atoms with van der Waals surface area (Å²) in [5.74, 6) is -1.38. The van der Waals surface area contributed by atoms with Gasteiger partial charge in [0.15, 0.2) is 0 Å². The van der Waals surface area contributed by atoms with Crippen LogP contribution in [-0.4, -0.2) is 27.5 Å². The highest BCUT2D eigenvalue weighted by atomic mass is 32.1. The largest absolute Gasteiger partial charge is 0.480 e. The van der Waals surface area contributed by atoms with Crippen molar-refractivity contribution < 1.29 is 14.7 Å². The van der Waals surface area contributed by atoms with Gasteiger partial charge < -0.3 is 10.4 Å². The van der Waals surface area contributed by atoms with Gasteiger partial charge in [-0.2, -0.15) is 0 Å². The maximum atomic E-state index is 12.4. The van der Waals surface area contributed by atoms with Crippen molar-refractivity contribution in [2.75, 3.05) is 0 Å². The number of thiazole rings is 1. The number of amides is 1. The van der Waals surface area contributed by atoms with Gasteiger partial charge in [-0.1, -0.05) is 34.1 Å². The number of aryl methyl sites for hydroxylation is 1. The molecule has 1 atom stereocenters. The summed E-state index contributed by atoms with van der Waals surface area (Å²) in [6, 6.07) is 0. The molecule has 0 aliphatic carbocycles. The van der Waals surface area contributed by atoms with E-state index in [4.69, 9.17) is 0 Å². The predicted molar refractivity (Wildman–Crippen MR) is 84.0 cm³/mol. The number of nitrogens with one attached hydrogen (secondary N) is 1. The third-order valence-corrected chi connectivity index (χ3v) is 4.84. The minimum atomic E-state index is -1.25. The van der Waals surface area contributed by atoms with Crippen molar-refractivity contribution in [3.05, 3.63) is 15.6 Å². The van der Waals surface area contributed by atoms with Crippen molar-refractivity contribution in [3.63, 3.8) is 0 Å². The molecule has 0 fully saturated rings. The summed E-state index contributed by atoms with van der Waals surface area (Å²) in [7, 11) is 0. The first-order valence-corrected chi connectivity index (χ1v) is 7.86. The van der Waals surface area contributed by atoms with Gasteiger partial charge in [-0.3, -0.25) is 4.79 Å². The lowest BCUT2D eigenvalue weighted by Crippen LogP contribution is -2.52. The number of carbonyl (C=O) groups is 2. The van der Waals surface area contributed by atoms with Crippen LogP contribution in [0.15, 0.2) is 0 Å². The van der Waals surface area contributed by atoms with Crippen LogP contribution in [0.2, 0.25) is 0 Å². The highest BCUT2D eigenvalue weighted by Gasteiger charge is 2.35. The smallest absolute Gasteiger partial charge is 0.329 e. The lowest BCUT2D eigenvalue weighted by atomic mass is 9.96. The number of hydrogen-bond acceptors (Lipinski definition) is 4. The molecule has 2 N–H and O–H groups in total. The second-order valence-corrected chi connectivity index (χ2v) is 7.52. The van der Waals surface area contributed by atoms with E-state index in [1.807, 2.05) is 27.7 Å². The normalized spacial score (nSPS) is 14.6. The van der Waals surface area contributed by atoms with Crippen molar-refractivity contribution in [2.45, 2.75) is 65.3 Å². The zero-order chi connectivity index (χ0) is 16.4. The van der Waals surface area contributed by atoms with Crippen LogP contribution in [0.25, 0.3) is 0 Å². The number of carboxylic acids is 1. The Labute approximate surface area is 129 Å². The monoisotopic (exact) mass is 312 g/mol. The number of carboxylic acid groups (broad SMARTS) is 1. The van der Waals surface area contributed by atoms with E-state index < -0.39 is 11.5 Å². The molecule has 1 amide bonds. The van der Waals surface area contributed by atoms with Gasteiger partial charge >= 0.3 is 5.97 Å². The Balaban J connectivity index is 3.04. The van der Waals surface area contributed by atoms with Crippen LogP contribution in [0.1, 0.15) is 67.8 Å². The van der Waals surface area contributed by atoms with E-state index in [0.29, 0.717) is 23.4 Å². The predicted octanol–water partition coefficient (Wildman–Crippen LogP) is 3.12. The topological polar surface area (TPSA) is 79.3 Å². The summed E-state index contributed by atoms with van der Waals surface area (Å²) in [6.45, 7) is 11.3. The molecule has 1 heterocycles. The molecule has 1 aromatic heterocycles. The molecule has 1 aromatic rings. The second kappa shape index (κ2) is 6.13. The molecule has 0 saturated heterocycles. The Hall–Kier alpha value is -1.43. The minimum Gasteiger partial charge on any atom is -0.480 e. The number of nitrogens with zero attached hydrogens (tertiary/aromatic N) is 1. The maximum absolute atomic E-state index is 12.4. The van der Waals surface area contributed by atoms with E-state index >= 15 is 0 Å². The van der Waals surface area contributed by atoms with Gasteiger partial charge in [0.1, 0.15) is 10.4 Å². The fourth-order valence-corrected chi connectivity index (χ4v) is 2.98. The van der Waals surface area contributed by atoms with Crippen LogP contribution in [0.5, 0.6) is 0 Å². The summed E-state index contributed by atoms with van der Waals surface area (Å²) >= 11 is 1.33. The molecule has 0 radical (unpaired) electrons. The zero-order valence-electron chi connectivity index (χ0n) is 13.5. The third kappa shape index (κ3) is 4.03. The van der Waals surface area contributed by atoms with E-state index in [1.165, 1.54) is 18.3 Å². The summed E-state index contributed by atoms with van der Waals surface area (Å²) in [5.41, 5.74) is -0.732. The van der Waals surface area contributed by atoms with E-state index in [2.05, 4.69) is 10.3 Å². The fraction of sp³-hybridized carbons (Fsp3) is 0.667. The quantitative estimate of drug-likeness (QED) is 0.875. The minimum absolute atomic E-state index is 0.131. The van der Waals surface area contributed by atoms with Crippen molar-refractivity contribution in [1.29, 1.82) is 0 Å². The van der Waals surface area contributed by atoms with Gasteiger partial charge in [0.25, 0.3) is 5.91 Å². The van der Waals surface area contributed by atoms with Crippen molar-refractivity contribution in [3.8, 4) is 0 Å². The molecule has 0 saturated carbocycles. The molecule has 0 spiro atoms. The molecule has 0 aromatic carbocycles. The van der Waals surface area contributed by atoms with E-state index in [-0.39, 0.29) is 11.3 Å². The molecule has 118 valence electrons. The molecule has 1 unspecified atom stereocenters. The highest BCUT2D eigenvalue weighted by Crippen LogP contribution is 2.29. The first-order chi connectivity index (χ1) is 9.51. The number of hydrogen-bond donors (Lipinski definition) is 2. The fourth-order valence-electron chi connectivity index (χ4n) is 1.96. The standard InChI is InChI=1S/C15H24N2O3S/c1-7-8-15(6,13(19)20)17-11(18)10-9(2)16-12(21-10)14(3,4)5/h7-8H2,1-6H3,(H,17,18)(H,19,20). The van der Waals surface area contributed by atoms with Crippen molar-refractivity contribution >= 4 is 23.2 Å². The SMILES string of the molecule is CCCC(C)(NC(=O)c1sc(C(C)(C)C)nc1C)C(=O)O. The first kappa shape index (κ1) is 17.6. The molecule has 6 heteroatoms. The highest BCUT2D eigenvalue weighted by molar-refractivity contribution is 7.14. The average Bonchev–Trinajstić information content (AvgIpc) is 2.71. The Morgan fingerprint density at radius 2 is 1.86 bits per heavy atom. The number of aromatic nitrogens is 1. The lowest BCUT2D eigenvalue weighted by Gasteiger charge is -2.25. The van der Waals surface area contributed by atoms with Crippen LogP contribution < -0.4 is 5.32 Å². The van der Waals surface area contributed by atoms with Gasteiger partial charge in [0.05, 0.1) is 10.7 Å². The third-order valence-electron chi connectivity index (χ3n) is 3.26. The molecular weight excluding hydrogens is 288 g/mol. The van der Waals surface area contributed by atoms with Gasteiger partial charge in [-0.15, -0.1) is 11.3 Å². The van der Waals surface area contributed by atoms with Crippen LogP contribution in [0, 0.1) is 6.92 Å². The number of aliphatic carboxylic acids is 1. The molecule has 5 nitrogen and oxygen atoms in total. The second-order valence-electron chi connectivity index (χ2n) is 6.52. The summed E-state index contributed by atoms with van der Waals surface area (Å²) in [5, 5.41) is 12.9. The number of rotatable bonds is 5. The lowest BCUT2D eigenvalue weighted by molar-refractivity contribution is -0.144. The molecule has 0 aliphatic heterocycles. The number of carbonyl (C=O) groups excluding carboxylic acids is 1. The molecule has 1 rings (SSSR count). The summed E-state index contributed by atoms with van der Waals surface area (Å²) < 4.78 is 0. The van der Waals surface area contributed by atoms with Crippen molar-refractivity contribution in [2.24, 2.45) is 0 Å². The van der Waals surface area contributed by atoms with E-state index in [0.717, 1.165) is 5.01 Å². The van der Waals surface area contributed by atoms with Gasteiger partial charge in [0, 0.05) is 5.41 Å². The van der Waals surface area contributed by atoms with E-state index in [1.54, 1.807) is 6.92 Å². The summed E-state index contributed by atoms with van der Waals surface area (Å²) in [6.07, 6.45) is 1.07. The Kier molecular flexibility index (Phi) is 5.15. The van der Waals surface area contributed by atoms with Crippen LogP contribution in [-0.2, 0) is 10.2 Å². The Morgan fingerprint density at radius 1 is 1.29 bits per heavy atom. The Morgan fingerprint density at radius 3 is 2.24 bits per heavy atom. The van der Waals surface area contributed by atoms with Gasteiger partial charge in [0.2, 0.25) is 0 Å². The molecule has 0 bridgehead atoms.